The van der Waals surface area contributed by atoms with E-state index in [1.54, 1.807) is 0 Å². The van der Waals surface area contributed by atoms with Gasteiger partial charge in [0.15, 0.2) is 0 Å². The molecular weight excluding hydrogens is 210 g/mol. The Labute approximate surface area is 105 Å². The van der Waals surface area contributed by atoms with Gasteiger partial charge in [0.2, 0.25) is 0 Å². The highest BCUT2D eigenvalue weighted by Crippen LogP contribution is 2.21. The van der Waals surface area contributed by atoms with E-state index in [0.717, 1.165) is 23.7 Å². The van der Waals surface area contributed by atoms with E-state index in [4.69, 9.17) is 5.84 Å². The first kappa shape index (κ1) is 14.1. The predicted molar refractivity (Wildman–Crippen MR) is 72.5 cm³/mol. The van der Waals surface area contributed by atoms with Gasteiger partial charge in [-0.05, 0) is 43.9 Å². The summed E-state index contributed by atoms with van der Waals surface area (Å²) in [5, 5.41) is 0. The molecule has 0 aliphatic carbocycles. The first-order valence-electron chi connectivity index (χ1n) is 6.44. The molecule has 0 fully saturated rings. The van der Waals surface area contributed by atoms with E-state index < -0.39 is 0 Å². The van der Waals surface area contributed by atoms with Crippen LogP contribution in [0.4, 0.5) is 0 Å². The van der Waals surface area contributed by atoms with Crippen LogP contribution in [0.3, 0.4) is 0 Å². The number of aromatic nitrogens is 1. The Bertz CT molecular complexity index is 327. The minimum Gasteiger partial charge on any atom is -0.271 e. The molecule has 96 valence electrons. The van der Waals surface area contributed by atoms with Crippen LogP contribution >= 0.6 is 0 Å². The number of nitrogens with two attached hydrogens (primary N) is 1. The normalized spacial score (nSPS) is 13.1. The molecule has 1 rings (SSSR count). The summed E-state index contributed by atoms with van der Waals surface area (Å²) in [6.45, 7) is 8.56. The van der Waals surface area contributed by atoms with Crippen molar-refractivity contribution in [3.8, 4) is 0 Å². The quantitative estimate of drug-likeness (QED) is 0.588. The van der Waals surface area contributed by atoms with Gasteiger partial charge in [0.1, 0.15) is 0 Å². The highest BCUT2D eigenvalue weighted by Gasteiger charge is 2.11. The van der Waals surface area contributed by atoms with Crippen LogP contribution in [-0.2, 0) is 0 Å². The van der Waals surface area contributed by atoms with Gasteiger partial charge in [0.25, 0.3) is 0 Å². The number of nitrogens with zero attached hydrogens (tertiary/aromatic N) is 1. The zero-order valence-electron chi connectivity index (χ0n) is 11.5. The first-order chi connectivity index (χ1) is 8.02. The third-order valence-corrected chi connectivity index (χ3v) is 2.98. The molecule has 0 saturated carbocycles. The van der Waals surface area contributed by atoms with Crippen LogP contribution in [0.25, 0.3) is 0 Å². The lowest BCUT2D eigenvalue weighted by Crippen LogP contribution is -2.28. The van der Waals surface area contributed by atoms with Gasteiger partial charge in [-0.2, -0.15) is 0 Å². The largest absolute Gasteiger partial charge is 0.271 e. The van der Waals surface area contributed by atoms with Crippen LogP contribution in [0.15, 0.2) is 12.1 Å². The molecular formula is C14H25N3. The number of hydrogen-bond donors (Lipinski definition) is 2. The molecule has 0 aliphatic rings. The lowest BCUT2D eigenvalue weighted by Gasteiger charge is -2.17. The van der Waals surface area contributed by atoms with E-state index >= 15 is 0 Å². The van der Waals surface area contributed by atoms with Gasteiger partial charge in [-0.15, -0.1) is 0 Å². The molecule has 1 aromatic heterocycles. The number of hydrogen-bond acceptors (Lipinski definition) is 3. The molecule has 0 radical (unpaired) electrons. The number of rotatable bonds is 6. The molecule has 0 aliphatic heterocycles. The molecule has 1 atom stereocenters. The highest BCUT2D eigenvalue weighted by molar-refractivity contribution is 5.23. The second-order valence-electron chi connectivity index (χ2n) is 5.23. The Kier molecular flexibility index (Phi) is 5.59. The summed E-state index contributed by atoms with van der Waals surface area (Å²) >= 11 is 0. The van der Waals surface area contributed by atoms with Crippen LogP contribution < -0.4 is 11.3 Å². The van der Waals surface area contributed by atoms with Gasteiger partial charge in [-0.3, -0.25) is 16.3 Å². The molecule has 1 aromatic rings. The zero-order valence-corrected chi connectivity index (χ0v) is 11.5. The van der Waals surface area contributed by atoms with Crippen molar-refractivity contribution in [2.45, 2.75) is 53.0 Å². The van der Waals surface area contributed by atoms with Crippen molar-refractivity contribution in [3.05, 3.63) is 29.1 Å². The van der Waals surface area contributed by atoms with Gasteiger partial charge >= 0.3 is 0 Å². The minimum absolute atomic E-state index is 0.245. The molecule has 17 heavy (non-hydrogen) atoms. The summed E-state index contributed by atoms with van der Waals surface area (Å²) < 4.78 is 0. The Morgan fingerprint density at radius 3 is 2.24 bits per heavy atom. The molecule has 0 spiro atoms. The lowest BCUT2D eigenvalue weighted by atomic mass is 9.98. The van der Waals surface area contributed by atoms with Gasteiger partial charge in [-0.1, -0.05) is 26.7 Å². The monoisotopic (exact) mass is 235 g/mol. The number of nitrogens with one attached hydrogen (secondary N) is 1. The van der Waals surface area contributed by atoms with Crippen molar-refractivity contribution in [1.82, 2.24) is 10.4 Å². The molecule has 0 saturated heterocycles. The molecule has 3 N–H and O–H groups in total. The Hall–Kier alpha value is -0.930. The third-order valence-electron chi connectivity index (χ3n) is 2.98. The molecule has 3 heteroatoms. The third kappa shape index (κ3) is 4.84. The van der Waals surface area contributed by atoms with E-state index in [1.807, 2.05) is 13.8 Å². The van der Waals surface area contributed by atoms with Crippen LogP contribution in [-0.4, -0.2) is 4.98 Å². The average molecular weight is 235 g/mol. The van der Waals surface area contributed by atoms with Gasteiger partial charge in [0.05, 0.1) is 0 Å². The number of hydrazine groups is 1. The smallest absolute Gasteiger partial charge is 0.0461 e. The van der Waals surface area contributed by atoms with E-state index in [2.05, 4.69) is 36.4 Å². The van der Waals surface area contributed by atoms with E-state index in [1.165, 1.54) is 18.4 Å². The molecule has 1 unspecified atom stereocenters. The zero-order chi connectivity index (χ0) is 12.8. The second kappa shape index (κ2) is 6.72. The SMILES string of the molecule is Cc1cc(C(CCCC(C)C)NN)cc(C)n1. The highest BCUT2D eigenvalue weighted by atomic mass is 15.2. The van der Waals surface area contributed by atoms with Crippen LogP contribution in [0.2, 0.25) is 0 Å². The van der Waals surface area contributed by atoms with Crippen molar-refractivity contribution in [3.63, 3.8) is 0 Å². The molecule has 0 aromatic carbocycles. The summed E-state index contributed by atoms with van der Waals surface area (Å²) in [4.78, 5) is 4.39. The van der Waals surface area contributed by atoms with Crippen LogP contribution in [0.1, 0.15) is 56.1 Å². The fraction of sp³-hybridized carbons (Fsp3) is 0.643. The lowest BCUT2D eigenvalue weighted by molar-refractivity contribution is 0.454. The summed E-state index contributed by atoms with van der Waals surface area (Å²) in [5.74, 6) is 6.41. The van der Waals surface area contributed by atoms with Crippen LogP contribution in [0, 0.1) is 19.8 Å². The van der Waals surface area contributed by atoms with E-state index in [-0.39, 0.29) is 6.04 Å². The number of aryl methyl sites for hydroxylation is 2. The van der Waals surface area contributed by atoms with Gasteiger partial charge in [0, 0.05) is 17.4 Å². The maximum atomic E-state index is 5.65. The Morgan fingerprint density at radius 2 is 1.76 bits per heavy atom. The summed E-state index contributed by atoms with van der Waals surface area (Å²) in [6.07, 6.45) is 3.53. The Balaban J connectivity index is 2.65. The van der Waals surface area contributed by atoms with Gasteiger partial charge in [-0.25, -0.2) is 0 Å². The molecule has 1 heterocycles. The van der Waals surface area contributed by atoms with Crippen molar-refractivity contribution >= 4 is 0 Å². The molecule has 0 bridgehead atoms. The van der Waals surface area contributed by atoms with Crippen molar-refractivity contribution in [1.29, 1.82) is 0 Å². The Morgan fingerprint density at radius 1 is 1.18 bits per heavy atom. The standard InChI is InChI=1S/C14H25N3/c1-10(2)6-5-7-14(17-15)13-8-11(3)16-12(4)9-13/h8-10,14,17H,5-7,15H2,1-4H3. The minimum atomic E-state index is 0.245. The molecule has 3 nitrogen and oxygen atoms in total. The fourth-order valence-electron chi connectivity index (χ4n) is 2.14. The van der Waals surface area contributed by atoms with E-state index in [0.29, 0.717) is 0 Å². The fourth-order valence-corrected chi connectivity index (χ4v) is 2.14. The maximum absolute atomic E-state index is 5.65. The molecule has 0 amide bonds. The average Bonchev–Trinajstić information content (AvgIpc) is 2.22. The topological polar surface area (TPSA) is 50.9 Å². The van der Waals surface area contributed by atoms with Crippen molar-refractivity contribution < 1.29 is 0 Å². The van der Waals surface area contributed by atoms with E-state index in [9.17, 15) is 0 Å². The summed E-state index contributed by atoms with van der Waals surface area (Å²) in [7, 11) is 0. The second-order valence-corrected chi connectivity index (χ2v) is 5.23. The van der Waals surface area contributed by atoms with Crippen molar-refractivity contribution in [2.24, 2.45) is 11.8 Å². The summed E-state index contributed by atoms with van der Waals surface area (Å²) in [5.41, 5.74) is 6.29. The first-order valence-corrected chi connectivity index (χ1v) is 6.44. The summed E-state index contributed by atoms with van der Waals surface area (Å²) in [6, 6.07) is 4.48. The number of pyridine rings is 1. The maximum Gasteiger partial charge on any atom is 0.0461 e. The predicted octanol–water partition coefficient (Wildman–Crippen LogP) is 3.03. The van der Waals surface area contributed by atoms with Crippen molar-refractivity contribution in [2.75, 3.05) is 0 Å². The van der Waals surface area contributed by atoms with Crippen LogP contribution in [0.5, 0.6) is 0 Å². The van der Waals surface area contributed by atoms with Gasteiger partial charge < -0.3 is 0 Å².